The second-order valence-corrected chi connectivity index (χ2v) is 4.53. The molecule has 0 aromatic rings. The number of carboxylic acid groups (broad SMARTS) is 3. The molecule has 9 heteroatoms. The van der Waals surface area contributed by atoms with Gasteiger partial charge in [-0.1, -0.05) is 13.8 Å². The van der Waals surface area contributed by atoms with Crippen molar-refractivity contribution in [1.82, 2.24) is 9.80 Å². The van der Waals surface area contributed by atoms with E-state index in [-0.39, 0.29) is 6.54 Å². The average molecular weight is 306 g/mol. The second kappa shape index (κ2) is 9.27. The number of aliphatic carboxylic acids is 3. The van der Waals surface area contributed by atoms with Crippen LogP contribution in [0, 0.1) is 0 Å². The summed E-state index contributed by atoms with van der Waals surface area (Å²) in [7, 11) is 0. The van der Waals surface area contributed by atoms with Gasteiger partial charge in [0.1, 0.15) is 6.04 Å². The van der Waals surface area contributed by atoms with E-state index in [4.69, 9.17) is 10.2 Å². The van der Waals surface area contributed by atoms with Crippen LogP contribution in [0.4, 0.5) is 0 Å². The molecule has 0 saturated heterocycles. The highest BCUT2D eigenvalue weighted by atomic mass is 16.4. The molecule has 0 aliphatic carbocycles. The zero-order chi connectivity index (χ0) is 16.6. The van der Waals surface area contributed by atoms with Crippen LogP contribution in [0.5, 0.6) is 0 Å². The Morgan fingerprint density at radius 3 is 1.67 bits per heavy atom. The molecule has 0 aromatic heterocycles. The predicted molar refractivity (Wildman–Crippen MR) is 72.1 cm³/mol. The Labute approximate surface area is 122 Å². The number of aliphatic hydroxyl groups excluding tert-OH is 1. The lowest BCUT2D eigenvalue weighted by atomic mass is 10.1. The molecule has 0 rings (SSSR count). The quantitative estimate of drug-likeness (QED) is 0.363. The lowest BCUT2D eigenvalue weighted by Crippen LogP contribution is -2.53. The number of hydrogen-bond acceptors (Lipinski definition) is 6. The van der Waals surface area contributed by atoms with Crippen molar-refractivity contribution >= 4 is 17.9 Å². The summed E-state index contributed by atoms with van der Waals surface area (Å²) in [5.41, 5.74) is 0. The normalized spacial score (nSPS) is 14.1. The number of nitrogens with zero attached hydrogens (tertiary/aromatic N) is 2. The molecule has 0 saturated carbocycles. The molecule has 0 heterocycles. The van der Waals surface area contributed by atoms with E-state index < -0.39 is 43.1 Å². The molecule has 0 radical (unpaired) electrons. The standard InChI is InChI=1S/C12H22N2O7/c1-3-14(4-2)11(12(20)21)8(15)5-13(6-9(16)17)7-10(18)19/h8,11,15H,3-7H2,1-2H3,(H,16,17)(H,18,19)(H,20,21). The van der Waals surface area contributed by atoms with Gasteiger partial charge in [-0.15, -0.1) is 0 Å². The molecule has 0 aliphatic rings. The van der Waals surface area contributed by atoms with Crippen LogP contribution in [0.1, 0.15) is 13.8 Å². The zero-order valence-electron chi connectivity index (χ0n) is 12.1. The van der Waals surface area contributed by atoms with Gasteiger partial charge in [0, 0.05) is 6.54 Å². The SMILES string of the molecule is CCN(CC)C(C(=O)O)C(O)CN(CC(=O)O)CC(=O)O. The first-order chi connectivity index (χ1) is 9.72. The van der Waals surface area contributed by atoms with E-state index in [1.54, 1.807) is 13.8 Å². The van der Waals surface area contributed by atoms with Crippen LogP contribution in [0.25, 0.3) is 0 Å². The van der Waals surface area contributed by atoms with Crippen LogP contribution < -0.4 is 0 Å². The monoisotopic (exact) mass is 306 g/mol. The van der Waals surface area contributed by atoms with Gasteiger partial charge in [0.2, 0.25) is 0 Å². The van der Waals surface area contributed by atoms with Gasteiger partial charge in [0.25, 0.3) is 0 Å². The van der Waals surface area contributed by atoms with Gasteiger partial charge in [-0.2, -0.15) is 0 Å². The van der Waals surface area contributed by atoms with E-state index in [1.165, 1.54) is 4.90 Å². The van der Waals surface area contributed by atoms with Crippen molar-refractivity contribution in [3.8, 4) is 0 Å². The number of carbonyl (C=O) groups is 3. The van der Waals surface area contributed by atoms with Crippen molar-refractivity contribution in [3.63, 3.8) is 0 Å². The molecule has 2 atom stereocenters. The van der Waals surface area contributed by atoms with Crippen LogP contribution >= 0.6 is 0 Å². The molecular weight excluding hydrogens is 284 g/mol. The lowest BCUT2D eigenvalue weighted by Gasteiger charge is -2.32. The third-order valence-electron chi connectivity index (χ3n) is 2.99. The molecule has 0 fully saturated rings. The summed E-state index contributed by atoms with van der Waals surface area (Å²) in [4.78, 5) is 35.1. The third-order valence-corrected chi connectivity index (χ3v) is 2.99. The van der Waals surface area contributed by atoms with Crippen molar-refractivity contribution in [1.29, 1.82) is 0 Å². The summed E-state index contributed by atoms with van der Waals surface area (Å²) in [6, 6.07) is -1.22. The van der Waals surface area contributed by atoms with Crippen LogP contribution in [-0.4, -0.2) is 93.0 Å². The highest BCUT2D eigenvalue weighted by Gasteiger charge is 2.33. The van der Waals surface area contributed by atoms with Crippen LogP contribution in [-0.2, 0) is 14.4 Å². The Morgan fingerprint density at radius 1 is 0.952 bits per heavy atom. The molecule has 122 valence electrons. The van der Waals surface area contributed by atoms with Gasteiger partial charge < -0.3 is 20.4 Å². The van der Waals surface area contributed by atoms with E-state index in [0.717, 1.165) is 4.90 Å². The topological polar surface area (TPSA) is 139 Å². The number of hydrogen-bond donors (Lipinski definition) is 4. The highest BCUT2D eigenvalue weighted by molar-refractivity contribution is 5.75. The minimum Gasteiger partial charge on any atom is -0.480 e. The van der Waals surface area contributed by atoms with Crippen molar-refractivity contribution < 1.29 is 34.8 Å². The first kappa shape index (κ1) is 19.3. The molecule has 2 unspecified atom stereocenters. The fourth-order valence-corrected chi connectivity index (χ4v) is 2.11. The van der Waals surface area contributed by atoms with Gasteiger partial charge in [0.05, 0.1) is 19.2 Å². The van der Waals surface area contributed by atoms with Crippen LogP contribution in [0.3, 0.4) is 0 Å². The summed E-state index contributed by atoms with van der Waals surface area (Å²) in [5.74, 6) is -3.74. The third kappa shape index (κ3) is 7.02. The Kier molecular flexibility index (Phi) is 8.51. The maximum atomic E-state index is 11.3. The highest BCUT2D eigenvalue weighted by Crippen LogP contribution is 2.08. The van der Waals surface area contributed by atoms with E-state index in [0.29, 0.717) is 13.1 Å². The first-order valence-corrected chi connectivity index (χ1v) is 6.53. The summed E-state index contributed by atoms with van der Waals surface area (Å²) in [6.07, 6.45) is -1.40. The van der Waals surface area contributed by atoms with Crippen molar-refractivity contribution in [2.45, 2.75) is 26.0 Å². The van der Waals surface area contributed by atoms with Gasteiger partial charge in [0.15, 0.2) is 0 Å². The number of likely N-dealkylation sites (N-methyl/N-ethyl adjacent to an activating group) is 1. The minimum absolute atomic E-state index is 0.355. The molecule has 4 N–H and O–H groups in total. The Balaban J connectivity index is 4.96. The first-order valence-electron chi connectivity index (χ1n) is 6.53. The largest absolute Gasteiger partial charge is 0.480 e. The van der Waals surface area contributed by atoms with Gasteiger partial charge in [-0.05, 0) is 13.1 Å². The van der Waals surface area contributed by atoms with Gasteiger partial charge in [-0.25, -0.2) is 0 Å². The zero-order valence-corrected chi connectivity index (χ0v) is 12.1. The molecular formula is C12H22N2O7. The molecule has 0 spiro atoms. The Hall–Kier alpha value is -1.71. The average Bonchev–Trinajstić information content (AvgIpc) is 2.32. The molecule has 9 nitrogen and oxygen atoms in total. The molecule has 0 bridgehead atoms. The van der Waals surface area contributed by atoms with Crippen molar-refractivity contribution in [2.24, 2.45) is 0 Å². The second-order valence-electron chi connectivity index (χ2n) is 4.53. The van der Waals surface area contributed by atoms with Crippen molar-refractivity contribution in [3.05, 3.63) is 0 Å². The minimum atomic E-state index is -1.40. The van der Waals surface area contributed by atoms with Crippen molar-refractivity contribution in [2.75, 3.05) is 32.7 Å². The Morgan fingerprint density at radius 2 is 1.38 bits per heavy atom. The molecule has 0 amide bonds. The number of carboxylic acids is 3. The maximum Gasteiger partial charge on any atom is 0.323 e. The summed E-state index contributed by atoms with van der Waals surface area (Å²) < 4.78 is 0. The smallest absolute Gasteiger partial charge is 0.323 e. The van der Waals surface area contributed by atoms with E-state index in [2.05, 4.69) is 0 Å². The molecule has 0 aliphatic heterocycles. The van der Waals surface area contributed by atoms with Crippen LogP contribution in [0.2, 0.25) is 0 Å². The number of rotatable bonds is 11. The van der Waals surface area contributed by atoms with E-state index in [1.807, 2.05) is 0 Å². The number of aliphatic hydroxyl groups is 1. The predicted octanol–water partition coefficient (Wildman–Crippen LogP) is -1.39. The van der Waals surface area contributed by atoms with E-state index >= 15 is 0 Å². The van der Waals surface area contributed by atoms with Gasteiger partial charge >= 0.3 is 17.9 Å². The fraction of sp³-hybridized carbons (Fsp3) is 0.750. The van der Waals surface area contributed by atoms with Gasteiger partial charge in [-0.3, -0.25) is 24.2 Å². The summed E-state index contributed by atoms with van der Waals surface area (Å²) in [6.45, 7) is 2.72. The summed E-state index contributed by atoms with van der Waals surface area (Å²) in [5, 5.41) is 36.7. The fourth-order valence-electron chi connectivity index (χ4n) is 2.11. The summed E-state index contributed by atoms with van der Waals surface area (Å²) >= 11 is 0. The lowest BCUT2D eigenvalue weighted by molar-refractivity contribution is -0.148. The molecule has 21 heavy (non-hydrogen) atoms. The van der Waals surface area contributed by atoms with E-state index in [9.17, 15) is 24.6 Å². The van der Waals surface area contributed by atoms with Crippen LogP contribution in [0.15, 0.2) is 0 Å². The Bertz CT molecular complexity index is 355. The molecule has 0 aromatic carbocycles. The maximum absolute atomic E-state index is 11.3.